The molecular formula is C17H10KN5S. The molecule has 0 aliphatic rings. The maximum atomic E-state index is 5.35. The van der Waals surface area contributed by atoms with Gasteiger partial charge in [0.25, 0.3) is 0 Å². The zero-order valence-electron chi connectivity index (χ0n) is 12.9. The summed E-state index contributed by atoms with van der Waals surface area (Å²) in [6.45, 7) is 0. The summed E-state index contributed by atoms with van der Waals surface area (Å²) in [5.41, 5.74) is 3.49. The van der Waals surface area contributed by atoms with Crippen LogP contribution in [0.4, 0.5) is 0 Å². The molecule has 0 bridgehead atoms. The van der Waals surface area contributed by atoms with Crippen LogP contribution in [-0.2, 0) is 12.6 Å². The van der Waals surface area contributed by atoms with Crippen LogP contribution in [0.5, 0.6) is 0 Å². The van der Waals surface area contributed by atoms with Gasteiger partial charge in [-0.05, 0) is 24.3 Å². The molecule has 0 radical (unpaired) electrons. The van der Waals surface area contributed by atoms with Crippen LogP contribution in [0.25, 0.3) is 39.0 Å². The standard InChI is InChI=1S/C17H11N5S.K/c23-17-19-13-8-4-2-6-11(13)16-20-15(21-22(16)17)14-9-10-5-1-3-7-12(10)18-14;/h1-9,18H,(H,19,23);/q;+1/p-1. The van der Waals surface area contributed by atoms with Crippen molar-refractivity contribution in [2.45, 2.75) is 5.16 Å². The minimum Gasteiger partial charge on any atom is -0.740 e. The van der Waals surface area contributed by atoms with E-state index in [1.54, 1.807) is 4.52 Å². The molecule has 3 heterocycles. The average Bonchev–Trinajstić information content (AvgIpc) is 3.19. The first kappa shape index (κ1) is 16.1. The van der Waals surface area contributed by atoms with Crippen molar-refractivity contribution in [2.24, 2.45) is 0 Å². The fraction of sp³-hybridized carbons (Fsp3) is 0. The first-order valence-corrected chi connectivity index (χ1v) is 7.61. The second-order valence-electron chi connectivity index (χ2n) is 5.35. The van der Waals surface area contributed by atoms with Gasteiger partial charge in [0.2, 0.25) is 0 Å². The van der Waals surface area contributed by atoms with Gasteiger partial charge in [0, 0.05) is 21.4 Å². The molecule has 0 unspecified atom stereocenters. The minimum absolute atomic E-state index is 0. The summed E-state index contributed by atoms with van der Waals surface area (Å²) in [6.07, 6.45) is 0. The average molecular weight is 355 g/mol. The van der Waals surface area contributed by atoms with Crippen molar-refractivity contribution in [3.05, 3.63) is 54.6 Å². The molecule has 0 aliphatic carbocycles. The van der Waals surface area contributed by atoms with Crippen molar-refractivity contribution in [1.82, 2.24) is 24.6 Å². The smallest absolute Gasteiger partial charge is 0.740 e. The Morgan fingerprint density at radius 3 is 2.62 bits per heavy atom. The number of fused-ring (bicyclic) bond motifs is 4. The van der Waals surface area contributed by atoms with E-state index in [-0.39, 0.29) is 51.4 Å². The molecule has 1 N–H and O–H groups in total. The molecule has 0 atom stereocenters. The Balaban J connectivity index is 0.00000146. The third-order valence-electron chi connectivity index (χ3n) is 3.92. The molecule has 0 spiro atoms. The van der Waals surface area contributed by atoms with Crippen LogP contribution in [-0.4, -0.2) is 24.6 Å². The Morgan fingerprint density at radius 1 is 0.958 bits per heavy atom. The number of nitrogens with one attached hydrogen (secondary N) is 1. The second kappa shape index (κ2) is 6.18. The third-order valence-corrected chi connectivity index (χ3v) is 4.18. The number of H-pyrrole nitrogens is 1. The summed E-state index contributed by atoms with van der Waals surface area (Å²) in [5.74, 6) is 0.616. The van der Waals surface area contributed by atoms with E-state index < -0.39 is 0 Å². The second-order valence-corrected chi connectivity index (χ2v) is 5.72. The number of hydrogen-bond donors (Lipinski definition) is 1. The zero-order chi connectivity index (χ0) is 15.4. The van der Waals surface area contributed by atoms with Gasteiger partial charge in [-0.1, -0.05) is 30.3 Å². The molecule has 0 saturated heterocycles. The Hall–Kier alpha value is -1.35. The van der Waals surface area contributed by atoms with Gasteiger partial charge in [-0.2, -0.15) is 0 Å². The van der Waals surface area contributed by atoms with Crippen LogP contribution in [0.3, 0.4) is 0 Å². The molecule has 2 aromatic carbocycles. The summed E-state index contributed by atoms with van der Waals surface area (Å²) in [7, 11) is 0. The minimum atomic E-state index is 0. The Kier molecular flexibility index (Phi) is 4.15. The van der Waals surface area contributed by atoms with Crippen molar-refractivity contribution in [3.63, 3.8) is 0 Å². The predicted molar refractivity (Wildman–Crippen MR) is 91.2 cm³/mol. The number of aromatic amines is 1. The fourth-order valence-corrected chi connectivity index (χ4v) is 3.06. The van der Waals surface area contributed by atoms with E-state index >= 15 is 0 Å². The van der Waals surface area contributed by atoms with Gasteiger partial charge >= 0.3 is 51.4 Å². The van der Waals surface area contributed by atoms with E-state index in [9.17, 15) is 0 Å². The predicted octanol–water partition coefficient (Wildman–Crippen LogP) is 0.336. The monoisotopic (exact) mass is 355 g/mol. The zero-order valence-corrected chi connectivity index (χ0v) is 16.8. The third kappa shape index (κ3) is 2.48. The maximum absolute atomic E-state index is 5.35. The SMILES string of the molecule is [K+].[S-]c1nc2ccccc2c2nc(-c3cc4ccccc4[nH]3)nn12. The molecule has 3 aromatic heterocycles. The topological polar surface area (TPSA) is 58.9 Å². The van der Waals surface area contributed by atoms with Gasteiger partial charge < -0.3 is 17.6 Å². The molecule has 0 amide bonds. The van der Waals surface area contributed by atoms with Crippen molar-refractivity contribution in [2.75, 3.05) is 0 Å². The van der Waals surface area contributed by atoms with Gasteiger partial charge in [-0.3, -0.25) is 4.98 Å². The van der Waals surface area contributed by atoms with Gasteiger partial charge in [0.15, 0.2) is 11.5 Å². The summed E-state index contributed by atoms with van der Waals surface area (Å²) in [6, 6.07) is 18.0. The van der Waals surface area contributed by atoms with E-state index in [0.717, 1.165) is 33.1 Å². The summed E-state index contributed by atoms with van der Waals surface area (Å²) < 4.78 is 1.62. The van der Waals surface area contributed by atoms with E-state index in [2.05, 4.69) is 26.1 Å². The van der Waals surface area contributed by atoms with Crippen LogP contribution in [0, 0.1) is 0 Å². The van der Waals surface area contributed by atoms with Gasteiger partial charge in [0.1, 0.15) is 0 Å². The Labute approximate surface area is 185 Å². The summed E-state index contributed by atoms with van der Waals surface area (Å²) in [5, 5.41) is 7.01. The van der Waals surface area contributed by atoms with Crippen LogP contribution < -0.4 is 51.4 Å². The van der Waals surface area contributed by atoms with Crippen molar-refractivity contribution in [3.8, 4) is 11.5 Å². The normalized spacial score (nSPS) is 11.2. The molecule has 0 fully saturated rings. The van der Waals surface area contributed by atoms with Gasteiger partial charge in [-0.15, -0.1) is 5.10 Å². The molecule has 24 heavy (non-hydrogen) atoms. The quantitative estimate of drug-likeness (QED) is 0.268. The first-order chi connectivity index (χ1) is 11.3. The molecule has 5 aromatic rings. The first-order valence-electron chi connectivity index (χ1n) is 7.20. The number of rotatable bonds is 1. The van der Waals surface area contributed by atoms with Crippen molar-refractivity contribution in [1.29, 1.82) is 0 Å². The fourth-order valence-electron chi connectivity index (χ4n) is 2.84. The number of aromatic nitrogens is 5. The molecule has 5 nitrogen and oxygen atoms in total. The molecule has 5 rings (SSSR count). The number of para-hydroxylation sites is 2. The summed E-state index contributed by atoms with van der Waals surface area (Å²) >= 11 is 5.35. The largest absolute Gasteiger partial charge is 1.00 e. The van der Waals surface area contributed by atoms with Gasteiger partial charge in [-0.25, -0.2) is 9.50 Å². The molecular weight excluding hydrogens is 345 g/mol. The molecule has 0 saturated carbocycles. The Bertz CT molecular complexity index is 1160. The van der Waals surface area contributed by atoms with E-state index in [4.69, 9.17) is 12.6 Å². The summed E-state index contributed by atoms with van der Waals surface area (Å²) in [4.78, 5) is 12.4. The molecule has 110 valence electrons. The van der Waals surface area contributed by atoms with Crippen molar-refractivity contribution >= 4 is 40.1 Å². The van der Waals surface area contributed by atoms with E-state index in [0.29, 0.717) is 11.0 Å². The number of nitrogens with zero attached hydrogens (tertiary/aromatic N) is 4. The van der Waals surface area contributed by atoms with Crippen molar-refractivity contribution < 1.29 is 51.4 Å². The number of benzene rings is 2. The number of hydrogen-bond acceptors (Lipinski definition) is 4. The van der Waals surface area contributed by atoms with Crippen LogP contribution in [0.2, 0.25) is 0 Å². The Morgan fingerprint density at radius 2 is 1.75 bits per heavy atom. The van der Waals surface area contributed by atoms with Crippen LogP contribution in [0.15, 0.2) is 59.8 Å². The van der Waals surface area contributed by atoms with Gasteiger partial charge in [0.05, 0.1) is 11.2 Å². The van der Waals surface area contributed by atoms with Crippen LogP contribution >= 0.6 is 0 Å². The molecule has 7 heteroatoms. The van der Waals surface area contributed by atoms with Crippen LogP contribution in [0.1, 0.15) is 0 Å². The van der Waals surface area contributed by atoms with E-state index in [1.807, 2.05) is 48.5 Å². The maximum Gasteiger partial charge on any atom is 1.00 e. The van der Waals surface area contributed by atoms with E-state index in [1.165, 1.54) is 0 Å². The molecule has 0 aliphatic heterocycles.